The van der Waals surface area contributed by atoms with Gasteiger partial charge < -0.3 is 4.90 Å². The van der Waals surface area contributed by atoms with E-state index in [0.717, 1.165) is 22.0 Å². The van der Waals surface area contributed by atoms with Gasteiger partial charge in [0.15, 0.2) is 0 Å². The van der Waals surface area contributed by atoms with Crippen LogP contribution in [0.25, 0.3) is 0 Å². The van der Waals surface area contributed by atoms with Gasteiger partial charge in [0.2, 0.25) is 0 Å². The zero-order valence-corrected chi connectivity index (χ0v) is 11.3. The van der Waals surface area contributed by atoms with E-state index in [-0.39, 0.29) is 0 Å². The van der Waals surface area contributed by atoms with Crippen molar-refractivity contribution in [1.29, 1.82) is 5.26 Å². The van der Waals surface area contributed by atoms with Crippen molar-refractivity contribution < 1.29 is 0 Å². The van der Waals surface area contributed by atoms with Gasteiger partial charge in [0.1, 0.15) is 6.07 Å². The standard InChI is InChI=1S/C14H15BrN2/c15-14-7-13(4-3-11(14)8-16)17(12-5-6-12)9-10-1-2-10/h3-4,7,10,12H,1-2,5-6,9H2. The molecule has 1 aromatic rings. The molecule has 3 heteroatoms. The minimum Gasteiger partial charge on any atom is -0.368 e. The summed E-state index contributed by atoms with van der Waals surface area (Å²) in [5, 5.41) is 8.93. The lowest BCUT2D eigenvalue weighted by molar-refractivity contribution is 0.719. The Balaban J connectivity index is 1.84. The van der Waals surface area contributed by atoms with Gasteiger partial charge in [-0.3, -0.25) is 0 Å². The zero-order valence-electron chi connectivity index (χ0n) is 9.69. The van der Waals surface area contributed by atoms with Gasteiger partial charge in [0.25, 0.3) is 0 Å². The number of hydrogen-bond donors (Lipinski definition) is 0. The van der Waals surface area contributed by atoms with Crippen molar-refractivity contribution in [2.75, 3.05) is 11.4 Å². The van der Waals surface area contributed by atoms with Crippen LogP contribution in [0.1, 0.15) is 31.2 Å². The van der Waals surface area contributed by atoms with Gasteiger partial charge in [0, 0.05) is 22.7 Å². The number of nitrogens with zero attached hydrogens (tertiary/aromatic N) is 2. The summed E-state index contributed by atoms with van der Waals surface area (Å²) in [4.78, 5) is 2.53. The van der Waals surface area contributed by atoms with E-state index in [9.17, 15) is 0 Å². The molecule has 0 radical (unpaired) electrons. The third-order valence-corrected chi connectivity index (χ3v) is 4.20. The van der Waals surface area contributed by atoms with Crippen LogP contribution in [0.4, 0.5) is 5.69 Å². The molecule has 2 fully saturated rings. The van der Waals surface area contributed by atoms with E-state index in [0.29, 0.717) is 0 Å². The molecule has 0 heterocycles. The van der Waals surface area contributed by atoms with Crippen molar-refractivity contribution in [3.8, 4) is 6.07 Å². The van der Waals surface area contributed by atoms with E-state index in [1.165, 1.54) is 37.9 Å². The van der Waals surface area contributed by atoms with Crippen LogP contribution in [0.3, 0.4) is 0 Å². The van der Waals surface area contributed by atoms with Gasteiger partial charge >= 0.3 is 0 Å². The van der Waals surface area contributed by atoms with Gasteiger partial charge in [0.05, 0.1) is 5.56 Å². The molecular formula is C14H15BrN2. The van der Waals surface area contributed by atoms with E-state index in [4.69, 9.17) is 5.26 Å². The second kappa shape index (κ2) is 4.34. The summed E-state index contributed by atoms with van der Waals surface area (Å²) in [6.07, 6.45) is 5.43. The quantitative estimate of drug-likeness (QED) is 0.845. The average Bonchev–Trinajstić information content (AvgIpc) is 3.17. The van der Waals surface area contributed by atoms with E-state index in [2.05, 4.69) is 39.0 Å². The fourth-order valence-corrected chi connectivity index (χ4v) is 2.66. The SMILES string of the molecule is N#Cc1ccc(N(CC2CC2)C2CC2)cc1Br. The summed E-state index contributed by atoms with van der Waals surface area (Å²) >= 11 is 3.48. The minimum absolute atomic E-state index is 0.718. The zero-order chi connectivity index (χ0) is 11.8. The van der Waals surface area contributed by atoms with Crippen LogP contribution in [0, 0.1) is 17.2 Å². The first kappa shape index (κ1) is 11.1. The molecule has 3 rings (SSSR count). The number of rotatable bonds is 4. The van der Waals surface area contributed by atoms with Crippen molar-refractivity contribution in [3.05, 3.63) is 28.2 Å². The van der Waals surface area contributed by atoms with Gasteiger partial charge in [-0.25, -0.2) is 0 Å². The van der Waals surface area contributed by atoms with E-state index in [1.807, 2.05) is 6.07 Å². The van der Waals surface area contributed by atoms with Crippen molar-refractivity contribution in [2.24, 2.45) is 5.92 Å². The van der Waals surface area contributed by atoms with E-state index in [1.54, 1.807) is 0 Å². The maximum Gasteiger partial charge on any atom is 0.100 e. The molecule has 2 saturated carbocycles. The summed E-state index contributed by atoms with van der Waals surface area (Å²) < 4.78 is 0.916. The topological polar surface area (TPSA) is 27.0 Å². The van der Waals surface area contributed by atoms with Crippen LogP contribution in [0.15, 0.2) is 22.7 Å². The Hall–Kier alpha value is -1.01. The van der Waals surface area contributed by atoms with Gasteiger partial charge in [-0.15, -0.1) is 0 Å². The highest BCUT2D eigenvalue weighted by Gasteiger charge is 2.33. The highest BCUT2D eigenvalue weighted by atomic mass is 79.9. The fraction of sp³-hybridized carbons (Fsp3) is 0.500. The maximum atomic E-state index is 8.93. The lowest BCUT2D eigenvalue weighted by Gasteiger charge is -2.25. The third-order valence-electron chi connectivity index (χ3n) is 3.54. The minimum atomic E-state index is 0.718. The average molecular weight is 291 g/mol. The molecule has 0 saturated heterocycles. The van der Waals surface area contributed by atoms with E-state index < -0.39 is 0 Å². The number of halogens is 1. The van der Waals surface area contributed by atoms with Crippen LogP contribution in [0.2, 0.25) is 0 Å². The molecule has 0 aromatic heterocycles. The number of nitriles is 1. The molecule has 17 heavy (non-hydrogen) atoms. The molecular weight excluding hydrogens is 276 g/mol. The lowest BCUT2D eigenvalue weighted by atomic mass is 10.2. The van der Waals surface area contributed by atoms with Crippen LogP contribution >= 0.6 is 15.9 Å². The van der Waals surface area contributed by atoms with Crippen LogP contribution in [0.5, 0.6) is 0 Å². The van der Waals surface area contributed by atoms with Crippen LogP contribution in [-0.4, -0.2) is 12.6 Å². The first-order valence-electron chi connectivity index (χ1n) is 6.24. The van der Waals surface area contributed by atoms with Crippen LogP contribution < -0.4 is 4.90 Å². The molecule has 0 amide bonds. The Bertz CT molecular complexity index is 470. The Morgan fingerprint density at radius 2 is 2.06 bits per heavy atom. The smallest absolute Gasteiger partial charge is 0.100 e. The third kappa shape index (κ3) is 2.47. The highest BCUT2D eigenvalue weighted by Crippen LogP contribution is 2.38. The Morgan fingerprint density at radius 1 is 1.29 bits per heavy atom. The molecule has 0 aliphatic heterocycles. The molecule has 0 atom stereocenters. The summed E-state index contributed by atoms with van der Waals surface area (Å²) in [5.41, 5.74) is 1.99. The summed E-state index contributed by atoms with van der Waals surface area (Å²) in [6.45, 7) is 1.20. The van der Waals surface area contributed by atoms with Crippen molar-refractivity contribution >= 4 is 21.6 Å². The Morgan fingerprint density at radius 3 is 2.59 bits per heavy atom. The number of anilines is 1. The predicted octanol–water partition coefficient (Wildman–Crippen LogP) is 3.70. The molecule has 0 N–H and O–H groups in total. The van der Waals surface area contributed by atoms with Crippen molar-refractivity contribution in [2.45, 2.75) is 31.7 Å². The van der Waals surface area contributed by atoms with Gasteiger partial charge in [-0.05, 0) is 65.7 Å². The van der Waals surface area contributed by atoms with Gasteiger partial charge in [-0.2, -0.15) is 5.26 Å². The van der Waals surface area contributed by atoms with E-state index >= 15 is 0 Å². The fourth-order valence-electron chi connectivity index (χ4n) is 2.20. The monoisotopic (exact) mass is 290 g/mol. The normalized spacial score (nSPS) is 18.8. The summed E-state index contributed by atoms with van der Waals surface area (Å²) in [5.74, 6) is 0.907. The molecule has 88 valence electrons. The first-order valence-corrected chi connectivity index (χ1v) is 7.03. The molecule has 0 unspecified atom stereocenters. The molecule has 0 spiro atoms. The van der Waals surface area contributed by atoms with Gasteiger partial charge in [-0.1, -0.05) is 0 Å². The molecule has 2 aliphatic rings. The Kier molecular flexibility index (Phi) is 2.84. The second-order valence-electron chi connectivity index (χ2n) is 5.10. The van der Waals surface area contributed by atoms with Crippen LogP contribution in [-0.2, 0) is 0 Å². The molecule has 1 aromatic carbocycles. The summed E-state index contributed by atoms with van der Waals surface area (Å²) in [6, 6.07) is 9.04. The molecule has 2 nitrogen and oxygen atoms in total. The second-order valence-corrected chi connectivity index (χ2v) is 5.96. The highest BCUT2D eigenvalue weighted by molar-refractivity contribution is 9.10. The number of benzene rings is 1. The molecule has 2 aliphatic carbocycles. The predicted molar refractivity (Wildman–Crippen MR) is 71.9 cm³/mol. The maximum absolute atomic E-state index is 8.93. The van der Waals surface area contributed by atoms with Crippen molar-refractivity contribution in [3.63, 3.8) is 0 Å². The lowest BCUT2D eigenvalue weighted by Crippen LogP contribution is -2.27. The van der Waals surface area contributed by atoms with Crippen molar-refractivity contribution in [1.82, 2.24) is 0 Å². The number of hydrogen-bond acceptors (Lipinski definition) is 2. The largest absolute Gasteiger partial charge is 0.368 e. The first-order chi connectivity index (χ1) is 8.28. The summed E-state index contributed by atoms with van der Waals surface area (Å²) in [7, 11) is 0. The molecule has 0 bridgehead atoms. The Labute approximate surface area is 110 Å².